The van der Waals surface area contributed by atoms with Gasteiger partial charge < -0.3 is 9.64 Å². The molecule has 1 amide bonds. The second-order valence-corrected chi connectivity index (χ2v) is 9.29. The Labute approximate surface area is 170 Å². The Bertz CT molecular complexity index is 718. The quantitative estimate of drug-likeness (QED) is 0.610. The molecule has 1 aliphatic carbocycles. The van der Waals surface area contributed by atoms with Gasteiger partial charge in [-0.2, -0.15) is 0 Å². The van der Waals surface area contributed by atoms with Crippen LogP contribution >= 0.6 is 27.7 Å². The number of alkyl halides is 2. The standard InChI is InChI=1S/C19H22BrF2NO3S/c1-2-26-18(25)16-10-14(27-13-5-3-4-12(20)8-13)9-15(16)17(24)23-7-6-19(21,22)11-23/h3-5,8,14-16H,2,6-7,9-11H2,1H3/t14-,15+,16+/m0/s1. The molecule has 1 saturated heterocycles. The van der Waals surface area contributed by atoms with Crippen LogP contribution in [-0.2, 0) is 14.3 Å². The lowest BCUT2D eigenvalue weighted by atomic mass is 9.95. The zero-order valence-corrected chi connectivity index (χ0v) is 17.4. The van der Waals surface area contributed by atoms with Crippen molar-refractivity contribution in [2.75, 3.05) is 19.7 Å². The molecule has 27 heavy (non-hydrogen) atoms. The summed E-state index contributed by atoms with van der Waals surface area (Å²) in [4.78, 5) is 27.5. The van der Waals surface area contributed by atoms with Crippen LogP contribution in [0.25, 0.3) is 0 Å². The molecule has 0 N–H and O–H groups in total. The summed E-state index contributed by atoms with van der Waals surface area (Å²) in [6, 6.07) is 7.82. The minimum atomic E-state index is -2.84. The van der Waals surface area contributed by atoms with Crippen molar-refractivity contribution >= 4 is 39.6 Å². The maximum Gasteiger partial charge on any atom is 0.309 e. The molecule has 8 heteroatoms. The van der Waals surface area contributed by atoms with E-state index in [2.05, 4.69) is 15.9 Å². The Kier molecular flexibility index (Phi) is 6.46. The molecule has 0 radical (unpaired) electrons. The van der Waals surface area contributed by atoms with Crippen LogP contribution < -0.4 is 0 Å². The number of hydrogen-bond acceptors (Lipinski definition) is 4. The highest BCUT2D eigenvalue weighted by molar-refractivity contribution is 9.10. The van der Waals surface area contributed by atoms with Crippen LogP contribution in [0, 0.1) is 11.8 Å². The first-order valence-corrected chi connectivity index (χ1v) is 10.7. The second-order valence-electron chi connectivity index (χ2n) is 7.00. The summed E-state index contributed by atoms with van der Waals surface area (Å²) in [6.07, 6.45) is 0.684. The third-order valence-corrected chi connectivity index (χ3v) is 6.74. The normalized spacial score (nSPS) is 27.0. The fourth-order valence-electron chi connectivity index (χ4n) is 3.76. The van der Waals surface area contributed by atoms with E-state index in [1.165, 1.54) is 4.90 Å². The summed E-state index contributed by atoms with van der Waals surface area (Å²) < 4.78 is 33.2. The van der Waals surface area contributed by atoms with E-state index in [1.54, 1.807) is 18.7 Å². The van der Waals surface area contributed by atoms with Gasteiger partial charge in [0, 0.05) is 27.6 Å². The van der Waals surface area contributed by atoms with Crippen molar-refractivity contribution < 1.29 is 23.1 Å². The topological polar surface area (TPSA) is 46.6 Å². The molecule has 0 spiro atoms. The summed E-state index contributed by atoms with van der Waals surface area (Å²) in [7, 11) is 0. The number of hydrogen-bond donors (Lipinski definition) is 0. The molecule has 0 aromatic heterocycles. The van der Waals surface area contributed by atoms with Crippen molar-refractivity contribution in [2.24, 2.45) is 11.8 Å². The lowest BCUT2D eigenvalue weighted by Crippen LogP contribution is -2.39. The molecule has 3 rings (SSSR count). The first kappa shape index (κ1) is 20.6. The van der Waals surface area contributed by atoms with Gasteiger partial charge in [0.2, 0.25) is 5.91 Å². The van der Waals surface area contributed by atoms with Gasteiger partial charge in [-0.05, 0) is 38.0 Å². The second kappa shape index (κ2) is 8.47. The Hall–Kier alpha value is -1.15. The van der Waals surface area contributed by atoms with E-state index in [0.29, 0.717) is 12.8 Å². The van der Waals surface area contributed by atoms with Crippen LogP contribution in [0.3, 0.4) is 0 Å². The SMILES string of the molecule is CCOC(=O)[C@@H]1C[C@@H](Sc2cccc(Br)c2)C[C@H]1C(=O)N1CCC(F)(F)C1. The molecule has 0 bridgehead atoms. The summed E-state index contributed by atoms with van der Waals surface area (Å²) in [5.41, 5.74) is 0. The number of benzene rings is 1. The number of nitrogens with zero attached hydrogens (tertiary/aromatic N) is 1. The smallest absolute Gasteiger partial charge is 0.309 e. The van der Waals surface area contributed by atoms with Gasteiger partial charge in [-0.1, -0.05) is 22.0 Å². The third-order valence-electron chi connectivity index (χ3n) is 5.01. The van der Waals surface area contributed by atoms with Crippen LogP contribution in [0.4, 0.5) is 8.78 Å². The number of rotatable bonds is 5. The van der Waals surface area contributed by atoms with E-state index in [-0.39, 0.29) is 30.7 Å². The van der Waals surface area contributed by atoms with Crippen molar-refractivity contribution in [3.63, 3.8) is 0 Å². The van der Waals surface area contributed by atoms with E-state index in [0.717, 1.165) is 9.37 Å². The van der Waals surface area contributed by atoms with Gasteiger partial charge in [0.05, 0.1) is 25.0 Å². The van der Waals surface area contributed by atoms with Crippen LogP contribution in [0.1, 0.15) is 26.2 Å². The molecule has 4 nitrogen and oxygen atoms in total. The first-order valence-electron chi connectivity index (χ1n) is 9.04. The number of carbonyl (C=O) groups excluding carboxylic acids is 2. The molecule has 2 aliphatic rings. The van der Waals surface area contributed by atoms with Crippen molar-refractivity contribution in [3.8, 4) is 0 Å². The van der Waals surface area contributed by atoms with E-state index in [4.69, 9.17) is 4.74 Å². The summed E-state index contributed by atoms with van der Waals surface area (Å²) >= 11 is 5.05. The molecule has 1 aromatic carbocycles. The number of thioether (sulfide) groups is 1. The van der Waals surface area contributed by atoms with Gasteiger partial charge in [0.1, 0.15) is 0 Å². The lowest BCUT2D eigenvalue weighted by Gasteiger charge is -2.23. The van der Waals surface area contributed by atoms with Crippen LogP contribution in [0.2, 0.25) is 0 Å². The van der Waals surface area contributed by atoms with Gasteiger partial charge in [0.15, 0.2) is 0 Å². The van der Waals surface area contributed by atoms with Crippen molar-refractivity contribution in [3.05, 3.63) is 28.7 Å². The molecule has 1 aliphatic heterocycles. The van der Waals surface area contributed by atoms with Crippen molar-refractivity contribution in [1.29, 1.82) is 0 Å². The fraction of sp³-hybridized carbons (Fsp3) is 0.579. The fourth-order valence-corrected chi connectivity index (χ4v) is 5.66. The van der Waals surface area contributed by atoms with Crippen molar-refractivity contribution in [2.45, 2.75) is 42.3 Å². The highest BCUT2D eigenvalue weighted by Gasteiger charge is 2.48. The Balaban J connectivity index is 1.73. The van der Waals surface area contributed by atoms with Crippen LogP contribution in [0.5, 0.6) is 0 Å². The van der Waals surface area contributed by atoms with Gasteiger partial charge in [-0.15, -0.1) is 11.8 Å². The lowest BCUT2D eigenvalue weighted by molar-refractivity contribution is -0.153. The largest absolute Gasteiger partial charge is 0.466 e. The van der Waals surface area contributed by atoms with Gasteiger partial charge in [-0.3, -0.25) is 9.59 Å². The summed E-state index contributed by atoms with van der Waals surface area (Å²) in [5.74, 6) is -4.75. The predicted octanol–water partition coefficient (Wildman–Crippen LogP) is 4.37. The number of carbonyl (C=O) groups is 2. The van der Waals surface area contributed by atoms with Gasteiger partial charge >= 0.3 is 5.97 Å². The number of esters is 1. The maximum absolute atomic E-state index is 13.5. The van der Waals surface area contributed by atoms with E-state index in [9.17, 15) is 18.4 Å². The molecular weight excluding hydrogens is 440 g/mol. The Morgan fingerprint density at radius 2 is 2.07 bits per heavy atom. The predicted molar refractivity (Wildman–Crippen MR) is 103 cm³/mol. The zero-order chi connectivity index (χ0) is 19.6. The third kappa shape index (κ3) is 5.02. The summed E-state index contributed by atoms with van der Waals surface area (Å²) in [5, 5.41) is 0.0609. The number of likely N-dealkylation sites (tertiary alicyclic amines) is 1. The molecule has 1 saturated carbocycles. The monoisotopic (exact) mass is 461 g/mol. The van der Waals surface area contributed by atoms with Crippen LogP contribution in [0.15, 0.2) is 33.6 Å². The number of amides is 1. The molecule has 1 aromatic rings. The average molecular weight is 462 g/mol. The Morgan fingerprint density at radius 1 is 1.33 bits per heavy atom. The number of ether oxygens (including phenoxy) is 1. The molecule has 148 valence electrons. The first-order chi connectivity index (χ1) is 12.8. The minimum absolute atomic E-state index is 0.0430. The van der Waals surface area contributed by atoms with E-state index < -0.39 is 30.3 Å². The highest BCUT2D eigenvalue weighted by Crippen LogP contribution is 2.44. The molecule has 1 heterocycles. The number of halogens is 3. The minimum Gasteiger partial charge on any atom is -0.466 e. The van der Waals surface area contributed by atoms with Gasteiger partial charge in [-0.25, -0.2) is 8.78 Å². The molecule has 3 atom stereocenters. The average Bonchev–Trinajstić information content (AvgIpc) is 3.18. The molecule has 0 unspecified atom stereocenters. The highest BCUT2D eigenvalue weighted by atomic mass is 79.9. The van der Waals surface area contributed by atoms with Crippen LogP contribution in [-0.4, -0.2) is 47.6 Å². The van der Waals surface area contributed by atoms with Gasteiger partial charge in [0.25, 0.3) is 5.92 Å². The maximum atomic E-state index is 13.5. The zero-order valence-electron chi connectivity index (χ0n) is 15.0. The molecular formula is C19H22BrF2NO3S. The van der Waals surface area contributed by atoms with Crippen molar-refractivity contribution in [1.82, 2.24) is 4.90 Å². The Morgan fingerprint density at radius 3 is 2.70 bits per heavy atom. The summed E-state index contributed by atoms with van der Waals surface area (Å²) in [6.45, 7) is 1.45. The molecule has 2 fully saturated rings. The van der Waals surface area contributed by atoms with E-state index in [1.807, 2.05) is 24.3 Å². The van der Waals surface area contributed by atoms with E-state index >= 15 is 0 Å².